The van der Waals surface area contributed by atoms with Gasteiger partial charge in [0.25, 0.3) is 5.91 Å². The first-order valence-electron chi connectivity index (χ1n) is 17.6. The molecule has 1 fully saturated rings. The topological polar surface area (TPSA) is 157 Å². The number of rotatable bonds is 9. The average molecular weight is 754 g/mol. The number of oxazole rings is 1. The Labute approximate surface area is 311 Å². The summed E-state index contributed by atoms with van der Waals surface area (Å²) >= 11 is 0. The van der Waals surface area contributed by atoms with Gasteiger partial charge < -0.3 is 23.8 Å². The van der Waals surface area contributed by atoms with E-state index in [0.717, 1.165) is 0 Å². The first-order valence-corrected chi connectivity index (χ1v) is 19.3. The van der Waals surface area contributed by atoms with Crippen LogP contribution in [0, 0.1) is 11.7 Å². The Balaban J connectivity index is 1.23. The number of ether oxygens (including phenoxy) is 1. The first-order chi connectivity index (χ1) is 25.8. The number of halogens is 1. The van der Waals surface area contributed by atoms with Crippen LogP contribution in [-0.2, 0) is 20.5 Å². The molecule has 3 aromatic heterocycles. The number of amides is 2. The number of hydrogen-bond donors (Lipinski definition) is 2. The SMILES string of the molecule is CNC(=O)c1c(-c2ccc(F)cc2)oc2cc(CS(=O)(=O)NCC3CCN(C(=O)OC(C)(C)C)CC3)c(-c3cccc(-c4nc5ncccc5o4)c3)cc12. The van der Waals surface area contributed by atoms with Gasteiger partial charge in [0.15, 0.2) is 11.2 Å². The zero-order chi connectivity index (χ0) is 38.2. The fourth-order valence-electron chi connectivity index (χ4n) is 6.59. The highest BCUT2D eigenvalue weighted by Crippen LogP contribution is 2.39. The minimum atomic E-state index is -3.90. The molecule has 1 aliphatic rings. The molecule has 2 N–H and O–H groups in total. The van der Waals surface area contributed by atoms with Crippen molar-refractivity contribution in [3.63, 3.8) is 0 Å². The van der Waals surface area contributed by atoms with Gasteiger partial charge in [0.2, 0.25) is 15.9 Å². The zero-order valence-corrected chi connectivity index (χ0v) is 31.1. The van der Waals surface area contributed by atoms with E-state index >= 15 is 0 Å². The van der Waals surface area contributed by atoms with Crippen LogP contribution in [0.3, 0.4) is 0 Å². The van der Waals surface area contributed by atoms with Crippen molar-refractivity contribution in [2.24, 2.45) is 5.92 Å². The number of hydrogen-bond acceptors (Lipinski definition) is 9. The van der Waals surface area contributed by atoms with Crippen LogP contribution < -0.4 is 10.0 Å². The number of sulfonamides is 1. The van der Waals surface area contributed by atoms with Crippen molar-refractivity contribution in [1.29, 1.82) is 0 Å². The van der Waals surface area contributed by atoms with Crippen molar-refractivity contribution in [3.8, 4) is 33.9 Å². The third-order valence-electron chi connectivity index (χ3n) is 9.26. The van der Waals surface area contributed by atoms with Crippen LogP contribution in [0.5, 0.6) is 0 Å². The first kappa shape index (κ1) is 36.7. The summed E-state index contributed by atoms with van der Waals surface area (Å²) in [6.07, 6.45) is 2.50. The molecule has 0 radical (unpaired) electrons. The molecule has 1 aliphatic heterocycles. The predicted octanol–water partition coefficient (Wildman–Crippen LogP) is 7.54. The lowest BCUT2D eigenvalue weighted by molar-refractivity contribution is 0.0185. The second-order valence-corrected chi connectivity index (χ2v) is 16.1. The standard InChI is InChI=1S/C40H40FN5O7S/c1-40(2,3)53-39(48)46-17-14-24(15-18-46)22-44-54(49,50)23-28-20-33-31(34(37(47)42-4)35(51-33)25-10-12-29(41)13-11-25)21-30(28)26-7-5-8-27(19-26)38-45-36-32(52-38)9-6-16-43-36/h5-13,16,19-21,24,44H,14-15,17-18,22-23H2,1-4H3,(H,42,47). The lowest BCUT2D eigenvalue weighted by atomic mass is 9.95. The van der Waals surface area contributed by atoms with Gasteiger partial charge in [-0.2, -0.15) is 4.98 Å². The number of benzene rings is 3. The molecule has 6 aromatic rings. The number of carbonyl (C=O) groups excluding carboxylic acids is 2. The minimum Gasteiger partial charge on any atom is -0.455 e. The van der Waals surface area contributed by atoms with E-state index in [0.29, 0.717) is 76.3 Å². The summed E-state index contributed by atoms with van der Waals surface area (Å²) in [4.78, 5) is 36.4. The van der Waals surface area contributed by atoms with E-state index in [4.69, 9.17) is 13.6 Å². The maximum atomic E-state index is 13.9. The lowest BCUT2D eigenvalue weighted by Gasteiger charge is -2.33. The van der Waals surface area contributed by atoms with E-state index < -0.39 is 33.1 Å². The largest absolute Gasteiger partial charge is 0.455 e. The molecule has 0 atom stereocenters. The highest BCUT2D eigenvalue weighted by molar-refractivity contribution is 7.88. The average Bonchev–Trinajstić information content (AvgIpc) is 3.75. The van der Waals surface area contributed by atoms with Gasteiger partial charge in [0.1, 0.15) is 22.8 Å². The Morgan fingerprint density at radius 2 is 1.69 bits per heavy atom. The predicted molar refractivity (Wildman–Crippen MR) is 202 cm³/mol. The second kappa shape index (κ2) is 14.7. The zero-order valence-electron chi connectivity index (χ0n) is 30.3. The molecule has 0 aliphatic carbocycles. The molecule has 54 heavy (non-hydrogen) atoms. The molecule has 3 aromatic carbocycles. The summed E-state index contributed by atoms with van der Waals surface area (Å²) in [7, 11) is -2.40. The van der Waals surface area contributed by atoms with Crippen LogP contribution >= 0.6 is 0 Å². The molecular formula is C40H40FN5O7S. The van der Waals surface area contributed by atoms with Crippen molar-refractivity contribution in [2.75, 3.05) is 26.7 Å². The van der Waals surface area contributed by atoms with Crippen LogP contribution in [0.4, 0.5) is 9.18 Å². The summed E-state index contributed by atoms with van der Waals surface area (Å²) < 4.78 is 62.0. The van der Waals surface area contributed by atoms with Crippen LogP contribution in [0.2, 0.25) is 0 Å². The number of piperidine rings is 1. The van der Waals surface area contributed by atoms with Crippen molar-refractivity contribution in [2.45, 2.75) is 45.0 Å². The highest BCUT2D eigenvalue weighted by Gasteiger charge is 2.29. The van der Waals surface area contributed by atoms with E-state index in [-0.39, 0.29) is 35.5 Å². The smallest absolute Gasteiger partial charge is 0.410 e. The molecule has 280 valence electrons. The molecule has 0 unspecified atom stereocenters. The van der Waals surface area contributed by atoms with Crippen molar-refractivity contribution < 1.29 is 36.0 Å². The third-order valence-corrected chi connectivity index (χ3v) is 10.6. The van der Waals surface area contributed by atoms with Crippen LogP contribution in [0.1, 0.15) is 49.5 Å². The van der Waals surface area contributed by atoms with Gasteiger partial charge in [-0.15, -0.1) is 0 Å². The third kappa shape index (κ3) is 7.99. The number of fused-ring (bicyclic) bond motifs is 2. The number of pyridine rings is 1. The van der Waals surface area contributed by atoms with Crippen molar-refractivity contribution in [3.05, 3.63) is 95.9 Å². The minimum absolute atomic E-state index is 0.0290. The number of aromatic nitrogens is 2. The molecule has 0 spiro atoms. The fourth-order valence-corrected chi connectivity index (χ4v) is 7.83. The summed E-state index contributed by atoms with van der Waals surface area (Å²) in [6.45, 7) is 6.60. The van der Waals surface area contributed by atoms with E-state index in [1.54, 1.807) is 35.4 Å². The summed E-state index contributed by atoms with van der Waals surface area (Å²) in [6, 6.07) is 19.8. The van der Waals surface area contributed by atoms with Gasteiger partial charge in [-0.05, 0) is 117 Å². The Bertz CT molecular complexity index is 2430. The van der Waals surface area contributed by atoms with Crippen LogP contribution in [0.25, 0.3) is 56.1 Å². The maximum Gasteiger partial charge on any atom is 0.410 e. The normalized spacial score (nSPS) is 14.1. The van der Waals surface area contributed by atoms with Crippen molar-refractivity contribution in [1.82, 2.24) is 24.9 Å². The summed E-state index contributed by atoms with van der Waals surface area (Å²) in [5.74, 6) is -0.671. The van der Waals surface area contributed by atoms with E-state index in [9.17, 15) is 22.4 Å². The number of likely N-dealkylation sites (tertiary alicyclic amines) is 1. The quantitative estimate of drug-likeness (QED) is 0.152. The van der Waals surface area contributed by atoms with Gasteiger partial charge in [0.05, 0.1) is 11.3 Å². The Morgan fingerprint density at radius 3 is 2.39 bits per heavy atom. The van der Waals surface area contributed by atoms with Gasteiger partial charge >= 0.3 is 6.09 Å². The second-order valence-electron chi connectivity index (χ2n) is 14.3. The molecular weight excluding hydrogens is 714 g/mol. The molecule has 1 saturated heterocycles. The Kier molecular flexibility index (Phi) is 9.98. The molecule has 12 nitrogen and oxygen atoms in total. The summed E-state index contributed by atoms with van der Waals surface area (Å²) in [5.41, 5.74) is 3.64. The maximum absolute atomic E-state index is 13.9. The van der Waals surface area contributed by atoms with E-state index in [2.05, 4.69) is 20.0 Å². The van der Waals surface area contributed by atoms with Crippen LogP contribution in [0.15, 0.2) is 87.8 Å². The molecule has 4 heterocycles. The van der Waals surface area contributed by atoms with Gasteiger partial charge in [-0.3, -0.25) is 4.79 Å². The van der Waals surface area contributed by atoms with Gasteiger partial charge in [-0.1, -0.05) is 12.1 Å². The molecule has 0 saturated carbocycles. The van der Waals surface area contributed by atoms with Crippen molar-refractivity contribution >= 4 is 44.2 Å². The van der Waals surface area contributed by atoms with E-state index in [1.165, 1.54) is 31.3 Å². The fraction of sp³-hybridized carbons (Fsp3) is 0.300. The van der Waals surface area contributed by atoms with Gasteiger partial charge in [-0.25, -0.2) is 27.3 Å². The molecule has 0 bridgehead atoms. The Morgan fingerprint density at radius 1 is 0.944 bits per heavy atom. The van der Waals surface area contributed by atoms with Gasteiger partial charge in [0, 0.05) is 49.4 Å². The Hall–Kier alpha value is -5.60. The number of carbonyl (C=O) groups is 2. The molecule has 14 heteroatoms. The van der Waals surface area contributed by atoms with Crippen LogP contribution in [-0.4, -0.2) is 67.6 Å². The molecule has 7 rings (SSSR count). The number of nitrogens with zero attached hydrogens (tertiary/aromatic N) is 3. The van der Waals surface area contributed by atoms with E-state index in [1.807, 2.05) is 45.0 Å². The highest BCUT2D eigenvalue weighted by atomic mass is 32.2. The number of furan rings is 1. The lowest BCUT2D eigenvalue weighted by Crippen LogP contribution is -2.43. The summed E-state index contributed by atoms with van der Waals surface area (Å²) in [5, 5.41) is 3.12. The molecule has 2 amide bonds. The monoisotopic (exact) mass is 753 g/mol. The number of nitrogens with one attached hydrogen (secondary N) is 2.